The SMILES string of the molecule is CC(=NNc1nc2ccccc2s1)c1ccc(-c2cccc(S(=O)(=O)N(OC(=O)C(F)(F)F)C(=O)C(N)CCc3ccccc3)c2)o1. The van der Waals surface area contributed by atoms with E-state index in [2.05, 4.69) is 20.3 Å². The van der Waals surface area contributed by atoms with Crippen LogP contribution >= 0.6 is 11.3 Å². The third-order valence-electron chi connectivity index (χ3n) is 6.69. The minimum absolute atomic E-state index is 0.150. The van der Waals surface area contributed by atoms with Crippen LogP contribution in [0.5, 0.6) is 0 Å². The van der Waals surface area contributed by atoms with E-state index in [0.29, 0.717) is 16.6 Å². The van der Waals surface area contributed by atoms with E-state index in [1.165, 1.54) is 29.5 Å². The van der Waals surface area contributed by atoms with E-state index in [1.54, 1.807) is 43.3 Å². The molecule has 1 amide bonds. The molecule has 0 aliphatic heterocycles. The summed E-state index contributed by atoms with van der Waals surface area (Å²) < 4.78 is 72.7. The zero-order valence-corrected chi connectivity index (χ0v) is 26.1. The molecule has 1 atom stereocenters. The first-order valence-electron chi connectivity index (χ1n) is 13.9. The fourth-order valence-corrected chi connectivity index (χ4v) is 6.33. The number of fused-ring (bicyclic) bond motifs is 1. The summed E-state index contributed by atoms with van der Waals surface area (Å²) in [6, 6.07) is 22.6. The molecule has 5 rings (SSSR count). The molecule has 2 heterocycles. The average molecular weight is 686 g/mol. The van der Waals surface area contributed by atoms with E-state index in [1.807, 2.05) is 24.3 Å². The van der Waals surface area contributed by atoms with Crippen LogP contribution in [0.15, 0.2) is 105 Å². The van der Waals surface area contributed by atoms with Gasteiger partial charge in [-0.1, -0.05) is 70.4 Å². The highest BCUT2D eigenvalue weighted by molar-refractivity contribution is 7.89. The van der Waals surface area contributed by atoms with Gasteiger partial charge in [0.25, 0.3) is 15.9 Å². The molecule has 16 heteroatoms. The number of aromatic nitrogens is 1. The van der Waals surface area contributed by atoms with Gasteiger partial charge in [-0.25, -0.2) is 9.78 Å². The summed E-state index contributed by atoms with van der Waals surface area (Å²) in [5, 5.41) is 4.85. The Labute approximate surface area is 270 Å². The van der Waals surface area contributed by atoms with Crippen LogP contribution in [0.2, 0.25) is 0 Å². The van der Waals surface area contributed by atoms with E-state index in [-0.39, 0.29) is 24.2 Å². The van der Waals surface area contributed by atoms with E-state index in [9.17, 15) is 31.2 Å². The monoisotopic (exact) mass is 685 g/mol. The van der Waals surface area contributed by atoms with Crippen molar-refractivity contribution in [3.8, 4) is 11.3 Å². The number of aryl methyl sites for hydroxylation is 1. The molecule has 0 saturated carbocycles. The molecule has 0 aliphatic carbocycles. The number of nitrogens with zero attached hydrogens (tertiary/aromatic N) is 3. The number of halogens is 3. The van der Waals surface area contributed by atoms with Crippen LogP contribution in [0.3, 0.4) is 0 Å². The second kappa shape index (κ2) is 13.7. The number of sulfonamides is 1. The lowest BCUT2D eigenvalue weighted by Crippen LogP contribution is -2.49. The summed E-state index contributed by atoms with van der Waals surface area (Å²) in [6.45, 7) is 1.67. The van der Waals surface area contributed by atoms with Crippen molar-refractivity contribution in [2.24, 2.45) is 10.8 Å². The van der Waals surface area contributed by atoms with Crippen molar-refractivity contribution in [2.75, 3.05) is 5.43 Å². The molecule has 3 N–H and O–H groups in total. The maximum absolute atomic E-state index is 13.5. The molecule has 47 heavy (non-hydrogen) atoms. The third kappa shape index (κ3) is 7.85. The Kier molecular flexibility index (Phi) is 9.74. The van der Waals surface area contributed by atoms with Gasteiger partial charge in [0, 0.05) is 5.56 Å². The Morgan fingerprint density at radius 3 is 2.49 bits per heavy atom. The molecule has 2 aromatic heterocycles. The Bertz CT molecular complexity index is 2010. The van der Waals surface area contributed by atoms with Crippen LogP contribution in [0, 0.1) is 0 Å². The third-order valence-corrected chi connectivity index (χ3v) is 9.17. The van der Waals surface area contributed by atoms with E-state index in [4.69, 9.17) is 10.2 Å². The summed E-state index contributed by atoms with van der Waals surface area (Å²) >= 11 is 1.41. The number of benzene rings is 3. The van der Waals surface area contributed by atoms with Crippen molar-refractivity contribution in [3.05, 3.63) is 102 Å². The van der Waals surface area contributed by atoms with Crippen LogP contribution in [0.25, 0.3) is 21.5 Å². The summed E-state index contributed by atoms with van der Waals surface area (Å²) in [6.07, 6.45) is -5.55. The predicted molar refractivity (Wildman–Crippen MR) is 169 cm³/mol. The van der Waals surface area contributed by atoms with Crippen LogP contribution in [0.1, 0.15) is 24.7 Å². The molecule has 0 radical (unpaired) electrons. The number of para-hydroxylation sites is 1. The van der Waals surface area contributed by atoms with Crippen LogP contribution < -0.4 is 11.2 Å². The first-order valence-corrected chi connectivity index (χ1v) is 16.1. The van der Waals surface area contributed by atoms with Crippen molar-refractivity contribution < 1.29 is 40.4 Å². The lowest BCUT2D eigenvalue weighted by atomic mass is 10.1. The highest BCUT2D eigenvalue weighted by Crippen LogP contribution is 2.29. The van der Waals surface area contributed by atoms with Gasteiger partial charge in [0.1, 0.15) is 11.5 Å². The first-order chi connectivity index (χ1) is 22.3. The van der Waals surface area contributed by atoms with Crippen molar-refractivity contribution >= 4 is 54.3 Å². The van der Waals surface area contributed by atoms with Crippen LogP contribution in [-0.2, 0) is 30.9 Å². The van der Waals surface area contributed by atoms with Crippen LogP contribution in [0.4, 0.5) is 18.3 Å². The summed E-state index contributed by atoms with van der Waals surface area (Å²) in [4.78, 5) is 32.8. The largest absolute Gasteiger partial charge is 0.493 e. The highest BCUT2D eigenvalue weighted by Gasteiger charge is 2.47. The summed E-state index contributed by atoms with van der Waals surface area (Å²) in [5.74, 6) is -3.97. The zero-order valence-electron chi connectivity index (χ0n) is 24.5. The molecule has 0 fully saturated rings. The molecular formula is C31H26F3N5O6S2. The number of anilines is 1. The number of nitrogens with two attached hydrogens (primary N) is 1. The minimum atomic E-state index is -5.60. The van der Waals surface area contributed by atoms with Gasteiger partial charge in [0.2, 0.25) is 5.13 Å². The number of alkyl halides is 3. The van der Waals surface area contributed by atoms with E-state index < -0.39 is 43.5 Å². The van der Waals surface area contributed by atoms with Gasteiger partial charge in [-0.2, -0.15) is 26.7 Å². The van der Waals surface area contributed by atoms with Gasteiger partial charge in [0.05, 0.1) is 21.2 Å². The maximum Gasteiger partial charge on any atom is 0.493 e. The van der Waals surface area contributed by atoms with Gasteiger partial charge in [-0.15, -0.1) is 0 Å². The fourth-order valence-electron chi connectivity index (χ4n) is 4.27. The minimum Gasteiger partial charge on any atom is -0.455 e. The molecule has 11 nitrogen and oxygen atoms in total. The molecule has 3 aromatic carbocycles. The highest BCUT2D eigenvalue weighted by atomic mass is 32.2. The molecule has 0 aliphatic rings. The lowest BCUT2D eigenvalue weighted by molar-refractivity contribution is -0.223. The number of hydrazone groups is 1. The topological polar surface area (TPSA) is 157 Å². The number of nitrogens with one attached hydrogen (secondary N) is 1. The molecule has 1 unspecified atom stereocenters. The second-order valence-electron chi connectivity index (χ2n) is 10.1. The Hall–Kier alpha value is -5.06. The molecule has 5 aromatic rings. The zero-order chi connectivity index (χ0) is 33.8. The maximum atomic E-state index is 13.5. The lowest BCUT2D eigenvalue weighted by Gasteiger charge is -2.24. The smallest absolute Gasteiger partial charge is 0.455 e. The Morgan fingerprint density at radius 2 is 1.77 bits per heavy atom. The van der Waals surface area contributed by atoms with Crippen LogP contribution in [-0.4, -0.2) is 47.7 Å². The van der Waals surface area contributed by atoms with Crippen molar-refractivity contribution in [3.63, 3.8) is 0 Å². The summed E-state index contributed by atoms with van der Waals surface area (Å²) in [5.41, 5.74) is 10.9. The summed E-state index contributed by atoms with van der Waals surface area (Å²) in [7, 11) is -5.19. The molecule has 244 valence electrons. The van der Waals surface area contributed by atoms with Gasteiger partial charge >= 0.3 is 12.1 Å². The van der Waals surface area contributed by atoms with Crippen molar-refractivity contribution in [1.82, 2.24) is 9.45 Å². The van der Waals surface area contributed by atoms with Gasteiger partial charge in [0.15, 0.2) is 5.76 Å². The van der Waals surface area contributed by atoms with Gasteiger partial charge in [-0.05, 0) is 61.7 Å². The average Bonchev–Trinajstić information content (AvgIpc) is 3.72. The molecule has 0 saturated heterocycles. The fraction of sp³-hybridized carbons (Fsp3) is 0.161. The predicted octanol–water partition coefficient (Wildman–Crippen LogP) is 5.89. The molecule has 0 spiro atoms. The number of hydrogen-bond donors (Lipinski definition) is 2. The first kappa shape index (κ1) is 33.3. The molecular weight excluding hydrogens is 659 g/mol. The quantitative estimate of drug-likeness (QED) is 0.135. The Balaban J connectivity index is 1.37. The van der Waals surface area contributed by atoms with Gasteiger partial charge in [-0.3, -0.25) is 10.2 Å². The number of thiazole rings is 1. The number of rotatable bonds is 10. The molecule has 0 bridgehead atoms. The number of amides is 1. The number of carbonyl (C=O) groups is 2. The number of carbonyl (C=O) groups excluding carboxylic acids is 2. The second-order valence-corrected chi connectivity index (χ2v) is 12.8. The normalized spacial score (nSPS) is 12.9. The number of hydrogen-bond acceptors (Lipinski definition) is 11. The number of hydroxylamine groups is 1. The van der Waals surface area contributed by atoms with E-state index in [0.717, 1.165) is 27.9 Å². The van der Waals surface area contributed by atoms with Crippen molar-refractivity contribution in [2.45, 2.75) is 36.9 Å². The van der Waals surface area contributed by atoms with E-state index >= 15 is 0 Å². The number of furan rings is 1. The standard InChI is InChI=1S/C31H26F3N5O6S2/c1-19(37-38-30-36-24-12-5-6-13-27(24)46-30)25-16-17-26(44-25)21-10-7-11-22(18-21)47(42,43)39(45-29(41)31(32,33)34)28(40)23(35)15-14-20-8-3-2-4-9-20/h2-13,16-18,23H,14-15,35H2,1H3,(H,36,38). The van der Waals surface area contributed by atoms with Crippen molar-refractivity contribution in [1.29, 1.82) is 0 Å². The Morgan fingerprint density at radius 1 is 1.04 bits per heavy atom. The van der Waals surface area contributed by atoms with Gasteiger partial charge < -0.3 is 15.0 Å².